The van der Waals surface area contributed by atoms with Gasteiger partial charge in [-0.1, -0.05) is 0 Å². The number of carboxylic acids is 1. The summed E-state index contributed by atoms with van der Waals surface area (Å²) >= 11 is 0. The molecule has 0 amide bonds. The molecule has 0 fully saturated rings. The number of hydrogen-bond acceptors (Lipinski definition) is 4. The monoisotopic (exact) mass is 265 g/mol. The van der Waals surface area contributed by atoms with Crippen LogP contribution < -0.4 is 0 Å². The Hall–Kier alpha value is -1.00. The predicted molar refractivity (Wildman–Crippen MR) is 60.9 cm³/mol. The van der Waals surface area contributed by atoms with Crippen LogP contribution in [-0.2, 0) is 18.9 Å². The first-order chi connectivity index (χ1) is 7.61. The van der Waals surface area contributed by atoms with Gasteiger partial charge in [0, 0.05) is 6.42 Å². The van der Waals surface area contributed by atoms with Crippen molar-refractivity contribution in [2.24, 2.45) is 5.92 Å². The molecule has 17 heavy (non-hydrogen) atoms. The summed E-state index contributed by atoms with van der Waals surface area (Å²) < 4.78 is 15.6. The van der Waals surface area contributed by atoms with E-state index in [9.17, 15) is 14.2 Å². The van der Waals surface area contributed by atoms with Crippen molar-refractivity contribution >= 4 is 20.0 Å². The highest BCUT2D eigenvalue weighted by Crippen LogP contribution is 2.22. The van der Waals surface area contributed by atoms with E-state index in [2.05, 4.69) is 0 Å². The maximum atomic E-state index is 11.3. The number of esters is 1. The summed E-state index contributed by atoms with van der Waals surface area (Å²) in [6.45, 7) is 5.14. The van der Waals surface area contributed by atoms with Crippen molar-refractivity contribution in [1.82, 2.24) is 0 Å². The van der Waals surface area contributed by atoms with Gasteiger partial charge in [-0.2, -0.15) is 4.89 Å². The third kappa shape index (κ3) is 8.77. The van der Waals surface area contributed by atoms with Crippen LogP contribution in [0.5, 0.6) is 0 Å². The number of carboxylic acid groups (broad SMARTS) is 1. The van der Waals surface area contributed by atoms with Crippen LogP contribution in [0, 0.1) is 5.92 Å². The molecule has 0 bridgehead atoms. The first-order valence-corrected chi connectivity index (χ1v) is 6.60. The number of carbonyl (C=O) groups excluding carboxylic acids is 1. The summed E-state index contributed by atoms with van der Waals surface area (Å²) in [6, 6.07) is 0. The highest BCUT2D eigenvalue weighted by atomic mass is 31.1. The van der Waals surface area contributed by atoms with Gasteiger partial charge in [-0.3, -0.25) is 9.59 Å². The molecular formula is C10H18O6P+. The molecule has 0 aromatic carbocycles. The summed E-state index contributed by atoms with van der Waals surface area (Å²) in [5, 5.41) is 8.78. The molecule has 98 valence electrons. The van der Waals surface area contributed by atoms with Crippen LogP contribution in [-0.4, -0.2) is 33.7 Å². The van der Waals surface area contributed by atoms with Crippen LogP contribution in [0.3, 0.4) is 0 Å². The number of hydrogen-bond donors (Lipinski definition) is 2. The molecule has 0 aliphatic heterocycles. The zero-order chi connectivity index (χ0) is 13.6. The zero-order valence-electron chi connectivity index (χ0n) is 10.2. The lowest BCUT2D eigenvalue weighted by molar-refractivity contribution is -0.155. The summed E-state index contributed by atoms with van der Waals surface area (Å²) in [5.41, 5.74) is -0.613. The summed E-state index contributed by atoms with van der Waals surface area (Å²) in [4.78, 5) is 30.7. The normalized spacial score (nSPS) is 14.0. The zero-order valence-corrected chi connectivity index (χ0v) is 11.1. The molecule has 0 aliphatic carbocycles. The Morgan fingerprint density at radius 3 is 2.24 bits per heavy atom. The first-order valence-electron chi connectivity index (χ1n) is 5.20. The second-order valence-corrected chi connectivity index (χ2v) is 5.76. The second-order valence-electron chi connectivity index (χ2n) is 4.70. The predicted octanol–water partition coefficient (Wildman–Crippen LogP) is 1.54. The van der Waals surface area contributed by atoms with Crippen molar-refractivity contribution in [3.63, 3.8) is 0 Å². The topological polar surface area (TPSA) is 101 Å². The van der Waals surface area contributed by atoms with Crippen LogP contribution in [0.25, 0.3) is 0 Å². The van der Waals surface area contributed by atoms with Gasteiger partial charge in [-0.15, -0.1) is 0 Å². The Morgan fingerprint density at radius 2 is 1.88 bits per heavy atom. The molecule has 0 radical (unpaired) electrons. The SMILES string of the molecule is CC(C)(C)OC(=O)CCC(C[P+](=O)O)C(=O)O. The van der Waals surface area contributed by atoms with E-state index in [1.165, 1.54) is 0 Å². The molecule has 0 heterocycles. The largest absolute Gasteiger partial charge is 0.506 e. The van der Waals surface area contributed by atoms with E-state index in [-0.39, 0.29) is 19.0 Å². The van der Waals surface area contributed by atoms with Crippen molar-refractivity contribution in [2.75, 3.05) is 6.16 Å². The minimum atomic E-state index is -2.51. The van der Waals surface area contributed by atoms with Gasteiger partial charge in [0.2, 0.25) is 0 Å². The summed E-state index contributed by atoms with van der Waals surface area (Å²) in [7, 11) is -2.51. The lowest BCUT2D eigenvalue weighted by Gasteiger charge is -2.19. The minimum absolute atomic E-state index is 0.00583. The molecule has 6 nitrogen and oxygen atoms in total. The second kappa shape index (κ2) is 6.67. The van der Waals surface area contributed by atoms with Gasteiger partial charge in [0.05, 0.1) is 0 Å². The lowest BCUT2D eigenvalue weighted by atomic mass is 10.1. The van der Waals surface area contributed by atoms with Gasteiger partial charge >= 0.3 is 20.0 Å². The van der Waals surface area contributed by atoms with Crippen molar-refractivity contribution < 1.29 is 28.9 Å². The van der Waals surface area contributed by atoms with Gasteiger partial charge in [0.25, 0.3) is 0 Å². The number of aliphatic carboxylic acids is 1. The third-order valence-electron chi connectivity index (χ3n) is 1.84. The van der Waals surface area contributed by atoms with E-state index in [1.54, 1.807) is 20.8 Å². The van der Waals surface area contributed by atoms with Crippen LogP contribution in [0.15, 0.2) is 0 Å². The molecule has 0 saturated heterocycles. The van der Waals surface area contributed by atoms with Crippen LogP contribution in [0.2, 0.25) is 0 Å². The van der Waals surface area contributed by atoms with Crippen molar-refractivity contribution in [1.29, 1.82) is 0 Å². The Kier molecular flexibility index (Phi) is 6.27. The fraction of sp³-hybridized carbons (Fsp3) is 0.800. The Bertz CT molecular complexity index is 306. The van der Waals surface area contributed by atoms with Crippen LogP contribution >= 0.6 is 8.03 Å². The van der Waals surface area contributed by atoms with Gasteiger partial charge in [0.1, 0.15) is 11.5 Å². The molecule has 0 spiro atoms. The minimum Gasteiger partial charge on any atom is -0.481 e. The number of carbonyl (C=O) groups is 2. The molecule has 0 aliphatic rings. The fourth-order valence-electron chi connectivity index (χ4n) is 1.17. The first kappa shape index (κ1) is 16.0. The van der Waals surface area contributed by atoms with Gasteiger partial charge in [0.15, 0.2) is 6.16 Å². The molecular weight excluding hydrogens is 247 g/mol. The van der Waals surface area contributed by atoms with E-state index in [4.69, 9.17) is 14.7 Å². The highest BCUT2D eigenvalue weighted by molar-refractivity contribution is 7.38. The van der Waals surface area contributed by atoms with E-state index < -0.39 is 31.5 Å². The average Bonchev–Trinajstić information content (AvgIpc) is 2.08. The average molecular weight is 265 g/mol. The fourth-order valence-corrected chi connectivity index (χ4v) is 1.88. The van der Waals surface area contributed by atoms with Crippen molar-refractivity contribution in [3.8, 4) is 0 Å². The van der Waals surface area contributed by atoms with E-state index >= 15 is 0 Å². The summed E-state index contributed by atoms with van der Waals surface area (Å²) in [6.07, 6.45) is -0.406. The molecule has 2 atom stereocenters. The molecule has 0 rings (SSSR count). The van der Waals surface area contributed by atoms with E-state index in [0.717, 1.165) is 0 Å². The number of rotatable bonds is 6. The third-order valence-corrected chi connectivity index (χ3v) is 2.60. The molecule has 2 unspecified atom stereocenters. The quantitative estimate of drug-likeness (QED) is 0.558. The molecule has 2 N–H and O–H groups in total. The lowest BCUT2D eigenvalue weighted by Crippen LogP contribution is -2.25. The molecule has 7 heteroatoms. The van der Waals surface area contributed by atoms with Crippen molar-refractivity contribution in [3.05, 3.63) is 0 Å². The van der Waals surface area contributed by atoms with E-state index in [0.29, 0.717) is 0 Å². The smallest absolute Gasteiger partial charge is 0.481 e. The Morgan fingerprint density at radius 1 is 1.35 bits per heavy atom. The molecule has 0 aromatic heterocycles. The van der Waals surface area contributed by atoms with Gasteiger partial charge < -0.3 is 9.84 Å². The Labute approximate surface area is 101 Å². The van der Waals surface area contributed by atoms with Crippen molar-refractivity contribution in [2.45, 2.75) is 39.2 Å². The standard InChI is InChI=1S/C10H17O6P/c1-10(2,3)16-8(11)5-4-7(9(12)13)6-17(14)15/h7H,4-6H2,1-3H3,(H-,12,13,14,15)/p+1. The Balaban J connectivity index is 4.18. The highest BCUT2D eigenvalue weighted by Gasteiger charge is 2.29. The van der Waals surface area contributed by atoms with Gasteiger partial charge in [-0.05, 0) is 31.8 Å². The van der Waals surface area contributed by atoms with Crippen LogP contribution in [0.4, 0.5) is 0 Å². The van der Waals surface area contributed by atoms with Crippen LogP contribution in [0.1, 0.15) is 33.6 Å². The molecule has 0 aromatic rings. The number of ether oxygens (including phenoxy) is 1. The summed E-state index contributed by atoms with van der Waals surface area (Å²) in [5.74, 6) is -2.67. The van der Waals surface area contributed by atoms with Gasteiger partial charge in [-0.25, -0.2) is 0 Å². The maximum Gasteiger partial charge on any atom is 0.506 e. The van der Waals surface area contributed by atoms with E-state index in [1.807, 2.05) is 0 Å². The molecule has 0 saturated carbocycles. The maximum absolute atomic E-state index is 11.3.